The minimum atomic E-state index is -0.440. The first-order chi connectivity index (χ1) is 7.94. The van der Waals surface area contributed by atoms with E-state index in [9.17, 15) is 4.79 Å². The second-order valence-corrected chi connectivity index (χ2v) is 5.16. The standard InChI is InChI=1S/C13H22N2O2/c1-5-8-14-10-11-7-6-9-15(11)12(16)17-13(2,3)4/h5,8,10-11H,6-7,9H2,1-4H3/b8-5-,14-10+/t11-/m0/s1. The van der Waals surface area contributed by atoms with Crippen molar-refractivity contribution in [2.45, 2.75) is 52.2 Å². The van der Waals surface area contributed by atoms with E-state index < -0.39 is 5.60 Å². The zero-order valence-electron chi connectivity index (χ0n) is 11.1. The molecule has 0 unspecified atom stereocenters. The zero-order chi connectivity index (χ0) is 12.9. The summed E-state index contributed by atoms with van der Waals surface area (Å²) in [6, 6.07) is 0.0704. The number of allylic oxidation sites excluding steroid dienone is 1. The predicted octanol–water partition coefficient (Wildman–Crippen LogP) is 2.99. The first kappa shape index (κ1) is 13.7. The number of ether oxygens (including phenoxy) is 1. The van der Waals surface area contributed by atoms with Gasteiger partial charge < -0.3 is 9.64 Å². The Morgan fingerprint density at radius 1 is 1.47 bits per heavy atom. The summed E-state index contributed by atoms with van der Waals surface area (Å²) in [7, 11) is 0. The molecular weight excluding hydrogens is 216 g/mol. The molecule has 17 heavy (non-hydrogen) atoms. The molecule has 1 aliphatic rings. The molecule has 1 rings (SSSR count). The van der Waals surface area contributed by atoms with E-state index in [1.807, 2.05) is 40.0 Å². The highest BCUT2D eigenvalue weighted by Crippen LogP contribution is 2.19. The van der Waals surface area contributed by atoms with Crippen LogP contribution < -0.4 is 0 Å². The quantitative estimate of drug-likeness (QED) is 0.694. The van der Waals surface area contributed by atoms with Gasteiger partial charge in [-0.15, -0.1) is 0 Å². The number of amides is 1. The fourth-order valence-corrected chi connectivity index (χ4v) is 1.73. The van der Waals surface area contributed by atoms with Crippen LogP contribution in [0.3, 0.4) is 0 Å². The van der Waals surface area contributed by atoms with E-state index in [-0.39, 0.29) is 12.1 Å². The number of hydrogen-bond donors (Lipinski definition) is 0. The fourth-order valence-electron chi connectivity index (χ4n) is 1.73. The van der Waals surface area contributed by atoms with Gasteiger partial charge in [-0.25, -0.2) is 4.79 Å². The Labute approximate surface area is 103 Å². The van der Waals surface area contributed by atoms with Crippen molar-refractivity contribution in [1.29, 1.82) is 0 Å². The Balaban J connectivity index is 2.60. The number of carbonyl (C=O) groups excluding carboxylic acids is 1. The summed E-state index contributed by atoms with van der Waals surface area (Å²) in [5, 5.41) is 0. The van der Waals surface area contributed by atoms with Gasteiger partial charge >= 0.3 is 6.09 Å². The molecule has 0 aliphatic carbocycles. The van der Waals surface area contributed by atoms with E-state index in [0.29, 0.717) is 0 Å². The van der Waals surface area contributed by atoms with Gasteiger partial charge in [0.1, 0.15) is 5.60 Å². The van der Waals surface area contributed by atoms with Crippen LogP contribution in [0.2, 0.25) is 0 Å². The molecule has 1 heterocycles. The van der Waals surface area contributed by atoms with Crippen molar-refractivity contribution < 1.29 is 9.53 Å². The summed E-state index contributed by atoms with van der Waals surface area (Å²) < 4.78 is 5.37. The number of hydrogen-bond acceptors (Lipinski definition) is 3. The van der Waals surface area contributed by atoms with Crippen molar-refractivity contribution in [2.75, 3.05) is 6.54 Å². The number of aliphatic imine (C=N–C) groups is 1. The summed E-state index contributed by atoms with van der Waals surface area (Å²) in [6.07, 6.45) is 7.13. The average Bonchev–Trinajstić information content (AvgIpc) is 2.64. The second kappa shape index (κ2) is 5.84. The fraction of sp³-hybridized carbons (Fsp3) is 0.692. The molecule has 0 bridgehead atoms. The van der Waals surface area contributed by atoms with Gasteiger partial charge in [0, 0.05) is 19.0 Å². The molecule has 0 aromatic rings. The molecule has 1 fully saturated rings. The lowest BCUT2D eigenvalue weighted by molar-refractivity contribution is 0.0268. The zero-order valence-corrected chi connectivity index (χ0v) is 11.1. The average molecular weight is 238 g/mol. The van der Waals surface area contributed by atoms with Gasteiger partial charge in [0.05, 0.1) is 6.04 Å². The first-order valence-corrected chi connectivity index (χ1v) is 6.08. The molecule has 1 saturated heterocycles. The van der Waals surface area contributed by atoms with Crippen LogP contribution in [-0.4, -0.2) is 35.4 Å². The van der Waals surface area contributed by atoms with Gasteiger partial charge in [0.25, 0.3) is 0 Å². The molecule has 4 heteroatoms. The van der Waals surface area contributed by atoms with Crippen LogP contribution in [-0.2, 0) is 4.74 Å². The van der Waals surface area contributed by atoms with Gasteiger partial charge in [-0.1, -0.05) is 6.08 Å². The predicted molar refractivity (Wildman–Crippen MR) is 69.3 cm³/mol. The third-order valence-electron chi connectivity index (χ3n) is 2.42. The van der Waals surface area contributed by atoms with E-state index in [0.717, 1.165) is 19.4 Å². The number of nitrogens with zero attached hydrogens (tertiary/aromatic N) is 2. The molecule has 0 aromatic heterocycles. The van der Waals surface area contributed by atoms with E-state index >= 15 is 0 Å². The van der Waals surface area contributed by atoms with Crippen LogP contribution in [0.1, 0.15) is 40.5 Å². The number of likely N-dealkylation sites (tertiary alicyclic amines) is 1. The topological polar surface area (TPSA) is 41.9 Å². The van der Waals surface area contributed by atoms with Crippen molar-refractivity contribution in [1.82, 2.24) is 4.90 Å². The lowest BCUT2D eigenvalue weighted by Crippen LogP contribution is -2.40. The van der Waals surface area contributed by atoms with Crippen LogP contribution in [0.5, 0.6) is 0 Å². The van der Waals surface area contributed by atoms with Gasteiger partial charge in [-0.3, -0.25) is 4.99 Å². The highest BCUT2D eigenvalue weighted by Gasteiger charge is 2.30. The molecule has 1 atom stereocenters. The summed E-state index contributed by atoms with van der Waals surface area (Å²) >= 11 is 0. The second-order valence-electron chi connectivity index (χ2n) is 5.16. The molecule has 0 N–H and O–H groups in total. The third-order valence-corrected chi connectivity index (χ3v) is 2.42. The first-order valence-electron chi connectivity index (χ1n) is 6.08. The van der Waals surface area contributed by atoms with E-state index in [1.165, 1.54) is 0 Å². The maximum atomic E-state index is 11.9. The molecule has 1 aliphatic heterocycles. The summed E-state index contributed by atoms with van der Waals surface area (Å²) in [5.74, 6) is 0. The largest absolute Gasteiger partial charge is 0.444 e. The normalized spacial score (nSPS) is 21.6. The minimum Gasteiger partial charge on any atom is -0.444 e. The molecular formula is C13H22N2O2. The van der Waals surface area contributed by atoms with Crippen molar-refractivity contribution in [3.8, 4) is 0 Å². The highest BCUT2D eigenvalue weighted by atomic mass is 16.6. The molecule has 0 saturated carbocycles. The van der Waals surface area contributed by atoms with E-state index in [4.69, 9.17) is 4.74 Å². The van der Waals surface area contributed by atoms with Crippen molar-refractivity contribution in [2.24, 2.45) is 4.99 Å². The van der Waals surface area contributed by atoms with Crippen LogP contribution in [0.15, 0.2) is 17.3 Å². The van der Waals surface area contributed by atoms with Gasteiger partial charge in [0.15, 0.2) is 0 Å². The molecule has 0 aromatic carbocycles. The molecule has 4 nitrogen and oxygen atoms in total. The summed E-state index contributed by atoms with van der Waals surface area (Å²) in [5.41, 5.74) is -0.440. The molecule has 0 radical (unpaired) electrons. The van der Waals surface area contributed by atoms with Crippen LogP contribution in [0, 0.1) is 0 Å². The van der Waals surface area contributed by atoms with Crippen LogP contribution in [0.4, 0.5) is 4.79 Å². The van der Waals surface area contributed by atoms with Crippen LogP contribution in [0.25, 0.3) is 0 Å². The Morgan fingerprint density at radius 2 is 2.18 bits per heavy atom. The molecule has 0 spiro atoms. The van der Waals surface area contributed by atoms with E-state index in [1.54, 1.807) is 11.1 Å². The molecule has 1 amide bonds. The SMILES string of the molecule is C/C=C\N=C\[C@@H]1CCCN1C(=O)OC(C)(C)C. The Kier molecular flexibility index (Phi) is 4.73. The third kappa shape index (κ3) is 4.59. The molecule has 96 valence electrons. The highest BCUT2D eigenvalue weighted by molar-refractivity contribution is 5.76. The van der Waals surface area contributed by atoms with Gasteiger partial charge in [0.2, 0.25) is 0 Å². The van der Waals surface area contributed by atoms with Gasteiger partial charge in [-0.2, -0.15) is 0 Å². The number of carbonyl (C=O) groups is 1. The smallest absolute Gasteiger partial charge is 0.410 e. The Morgan fingerprint density at radius 3 is 2.76 bits per heavy atom. The van der Waals surface area contributed by atoms with Crippen molar-refractivity contribution >= 4 is 12.3 Å². The maximum absolute atomic E-state index is 11.9. The lowest BCUT2D eigenvalue weighted by atomic mass is 10.2. The number of rotatable bonds is 2. The summed E-state index contributed by atoms with van der Waals surface area (Å²) in [4.78, 5) is 17.8. The Hall–Kier alpha value is -1.32. The van der Waals surface area contributed by atoms with Gasteiger partial charge in [-0.05, 0) is 40.5 Å². The monoisotopic (exact) mass is 238 g/mol. The van der Waals surface area contributed by atoms with Crippen molar-refractivity contribution in [3.05, 3.63) is 12.3 Å². The maximum Gasteiger partial charge on any atom is 0.410 e. The van der Waals surface area contributed by atoms with Crippen molar-refractivity contribution in [3.63, 3.8) is 0 Å². The Bertz CT molecular complexity index is 316. The lowest BCUT2D eigenvalue weighted by Gasteiger charge is -2.26. The van der Waals surface area contributed by atoms with Crippen LogP contribution >= 0.6 is 0 Å². The minimum absolute atomic E-state index is 0.0704. The van der Waals surface area contributed by atoms with E-state index in [2.05, 4.69) is 4.99 Å². The summed E-state index contributed by atoms with van der Waals surface area (Å²) in [6.45, 7) is 8.30.